The third-order valence-electron chi connectivity index (χ3n) is 4.55. The van der Waals surface area contributed by atoms with Gasteiger partial charge in [0.15, 0.2) is 0 Å². The summed E-state index contributed by atoms with van der Waals surface area (Å²) in [5.41, 5.74) is 3.00. The van der Waals surface area contributed by atoms with Crippen LogP contribution >= 0.6 is 0 Å². The van der Waals surface area contributed by atoms with Crippen molar-refractivity contribution in [3.63, 3.8) is 0 Å². The van der Waals surface area contributed by atoms with Gasteiger partial charge in [-0.05, 0) is 57.7 Å². The zero-order valence-electron chi connectivity index (χ0n) is 17.0. The monoisotopic (exact) mass is 353 g/mol. The van der Waals surface area contributed by atoms with Crippen molar-refractivity contribution in [2.45, 2.75) is 59.8 Å². The van der Waals surface area contributed by atoms with E-state index in [1.165, 1.54) is 0 Å². The van der Waals surface area contributed by atoms with Crippen molar-refractivity contribution in [2.75, 3.05) is 13.1 Å². The van der Waals surface area contributed by atoms with E-state index in [1.807, 2.05) is 56.9 Å². The Balaban J connectivity index is 2.90. The van der Waals surface area contributed by atoms with Crippen molar-refractivity contribution in [1.82, 2.24) is 4.90 Å². The van der Waals surface area contributed by atoms with E-state index < -0.39 is 5.41 Å². The SMILES string of the molecule is CCCCN(CC)C(=O)C(C)=N/C=C(\C)c1ccc(C(C)(C)C#N)cc1. The molecular formula is C22H31N3O. The van der Waals surface area contributed by atoms with Gasteiger partial charge in [-0.25, -0.2) is 0 Å². The number of aliphatic imine (C=N–C) groups is 1. The topological polar surface area (TPSA) is 56.5 Å². The van der Waals surface area contributed by atoms with Crippen LogP contribution in [-0.2, 0) is 10.2 Å². The number of carbonyl (C=O) groups is 1. The van der Waals surface area contributed by atoms with E-state index >= 15 is 0 Å². The highest BCUT2D eigenvalue weighted by Crippen LogP contribution is 2.24. The summed E-state index contributed by atoms with van der Waals surface area (Å²) >= 11 is 0. The highest BCUT2D eigenvalue weighted by Gasteiger charge is 2.19. The predicted molar refractivity (Wildman–Crippen MR) is 109 cm³/mol. The van der Waals surface area contributed by atoms with Gasteiger partial charge < -0.3 is 4.90 Å². The van der Waals surface area contributed by atoms with E-state index in [0.717, 1.165) is 36.1 Å². The van der Waals surface area contributed by atoms with E-state index in [-0.39, 0.29) is 5.91 Å². The van der Waals surface area contributed by atoms with E-state index in [4.69, 9.17) is 0 Å². The van der Waals surface area contributed by atoms with Crippen LogP contribution in [0.25, 0.3) is 5.57 Å². The summed E-state index contributed by atoms with van der Waals surface area (Å²) in [5.74, 6) is -0.00359. The number of allylic oxidation sites excluding steroid dienone is 1. The molecule has 0 saturated carbocycles. The molecule has 0 aromatic heterocycles. The van der Waals surface area contributed by atoms with Crippen molar-refractivity contribution >= 4 is 17.2 Å². The second-order valence-electron chi connectivity index (χ2n) is 7.08. The highest BCUT2D eigenvalue weighted by atomic mass is 16.2. The van der Waals surface area contributed by atoms with Crippen LogP contribution in [0.15, 0.2) is 35.5 Å². The molecule has 1 aromatic carbocycles. The Hall–Kier alpha value is -2.41. The second-order valence-corrected chi connectivity index (χ2v) is 7.08. The Morgan fingerprint density at radius 3 is 2.35 bits per heavy atom. The standard InChI is InChI=1S/C22H31N3O/c1-7-9-14-25(8-2)21(26)18(4)24-15-17(3)19-10-12-20(13-11-19)22(5,6)16-23/h10-13,15H,7-9,14H2,1-6H3/b17-15+,24-18?. The van der Waals surface area contributed by atoms with Crippen LogP contribution in [0.1, 0.15) is 65.5 Å². The van der Waals surface area contributed by atoms with Crippen LogP contribution in [0.5, 0.6) is 0 Å². The van der Waals surface area contributed by atoms with Crippen LogP contribution < -0.4 is 0 Å². The predicted octanol–water partition coefficient (Wildman–Crippen LogP) is 4.96. The van der Waals surface area contributed by atoms with E-state index in [9.17, 15) is 10.1 Å². The lowest BCUT2D eigenvalue weighted by Crippen LogP contribution is -2.36. The normalized spacial score (nSPS) is 12.7. The molecule has 140 valence electrons. The van der Waals surface area contributed by atoms with Crippen LogP contribution in [0.3, 0.4) is 0 Å². The Morgan fingerprint density at radius 1 is 1.23 bits per heavy atom. The van der Waals surface area contributed by atoms with Gasteiger partial charge in [-0.1, -0.05) is 37.6 Å². The average Bonchev–Trinajstić information content (AvgIpc) is 2.66. The molecule has 0 bridgehead atoms. The van der Waals surface area contributed by atoms with E-state index in [0.29, 0.717) is 12.3 Å². The fourth-order valence-electron chi connectivity index (χ4n) is 2.52. The van der Waals surface area contributed by atoms with Gasteiger partial charge in [0.25, 0.3) is 5.91 Å². The molecule has 0 heterocycles. The highest BCUT2D eigenvalue weighted by molar-refractivity contribution is 6.38. The molecule has 0 spiro atoms. The summed E-state index contributed by atoms with van der Waals surface area (Å²) in [6, 6.07) is 10.2. The molecule has 0 N–H and O–H groups in total. The zero-order chi connectivity index (χ0) is 19.7. The lowest BCUT2D eigenvalue weighted by Gasteiger charge is -2.20. The lowest BCUT2D eigenvalue weighted by atomic mass is 9.85. The smallest absolute Gasteiger partial charge is 0.267 e. The van der Waals surface area contributed by atoms with Crippen LogP contribution in [0.2, 0.25) is 0 Å². The number of hydrogen-bond acceptors (Lipinski definition) is 3. The minimum atomic E-state index is -0.501. The first-order chi connectivity index (χ1) is 12.3. The fraction of sp³-hybridized carbons (Fsp3) is 0.500. The van der Waals surface area contributed by atoms with Gasteiger partial charge in [0, 0.05) is 19.3 Å². The molecule has 1 aromatic rings. The maximum atomic E-state index is 12.5. The molecule has 0 fully saturated rings. The molecule has 0 unspecified atom stereocenters. The third kappa shape index (κ3) is 5.84. The van der Waals surface area contributed by atoms with Crippen molar-refractivity contribution < 1.29 is 4.79 Å². The zero-order valence-corrected chi connectivity index (χ0v) is 17.0. The molecule has 4 heteroatoms. The number of carbonyl (C=O) groups excluding carboxylic acids is 1. The van der Waals surface area contributed by atoms with Gasteiger partial charge in [0.05, 0.1) is 11.5 Å². The van der Waals surface area contributed by atoms with Gasteiger partial charge in [-0.15, -0.1) is 0 Å². The summed E-state index contributed by atoms with van der Waals surface area (Å²) < 4.78 is 0. The minimum absolute atomic E-state index is 0.00359. The molecule has 4 nitrogen and oxygen atoms in total. The molecule has 0 atom stereocenters. The van der Waals surface area contributed by atoms with Crippen LogP contribution in [-0.4, -0.2) is 29.6 Å². The second kappa shape index (κ2) is 9.91. The summed E-state index contributed by atoms with van der Waals surface area (Å²) in [6.07, 6.45) is 3.82. The largest absolute Gasteiger partial charge is 0.338 e. The minimum Gasteiger partial charge on any atom is -0.338 e. The number of hydrogen-bond donors (Lipinski definition) is 0. The Kier molecular flexibility index (Phi) is 8.25. The fourth-order valence-corrected chi connectivity index (χ4v) is 2.52. The summed E-state index contributed by atoms with van der Waals surface area (Å²) in [6.45, 7) is 13.1. The lowest BCUT2D eigenvalue weighted by molar-refractivity contribution is -0.124. The maximum Gasteiger partial charge on any atom is 0.267 e. The average molecular weight is 354 g/mol. The van der Waals surface area contributed by atoms with Gasteiger partial charge in [-0.3, -0.25) is 9.79 Å². The molecule has 0 aliphatic heterocycles. The molecule has 0 aliphatic rings. The molecule has 1 amide bonds. The first-order valence-corrected chi connectivity index (χ1v) is 9.29. The van der Waals surface area contributed by atoms with E-state index in [1.54, 1.807) is 13.1 Å². The molecule has 0 radical (unpaired) electrons. The van der Waals surface area contributed by atoms with Crippen LogP contribution in [0.4, 0.5) is 0 Å². The van der Waals surface area contributed by atoms with Gasteiger partial charge in [0.2, 0.25) is 0 Å². The molecular weight excluding hydrogens is 322 g/mol. The number of nitrogens with zero attached hydrogens (tertiary/aromatic N) is 3. The first-order valence-electron chi connectivity index (χ1n) is 9.29. The molecule has 0 aliphatic carbocycles. The molecule has 1 rings (SSSR count). The maximum absolute atomic E-state index is 12.5. The number of amides is 1. The molecule has 0 saturated heterocycles. The van der Waals surface area contributed by atoms with E-state index in [2.05, 4.69) is 18.0 Å². The quantitative estimate of drug-likeness (QED) is 0.620. The number of benzene rings is 1. The van der Waals surface area contributed by atoms with Crippen molar-refractivity contribution in [3.05, 3.63) is 41.6 Å². The first kappa shape index (κ1) is 21.6. The van der Waals surface area contributed by atoms with Gasteiger partial charge in [0.1, 0.15) is 5.71 Å². The number of unbranched alkanes of at least 4 members (excludes halogenated alkanes) is 1. The van der Waals surface area contributed by atoms with Gasteiger partial charge >= 0.3 is 0 Å². The van der Waals surface area contributed by atoms with Crippen molar-refractivity contribution in [2.24, 2.45) is 4.99 Å². The van der Waals surface area contributed by atoms with Crippen LogP contribution in [0, 0.1) is 11.3 Å². The van der Waals surface area contributed by atoms with Gasteiger partial charge in [-0.2, -0.15) is 5.26 Å². The number of nitriles is 1. The van der Waals surface area contributed by atoms with Crippen molar-refractivity contribution in [1.29, 1.82) is 5.26 Å². The summed E-state index contributed by atoms with van der Waals surface area (Å²) in [7, 11) is 0. The Labute approximate surface area is 158 Å². The van der Waals surface area contributed by atoms with Crippen molar-refractivity contribution in [3.8, 4) is 6.07 Å². The Bertz CT molecular complexity index is 706. The number of rotatable bonds is 8. The third-order valence-corrected chi connectivity index (χ3v) is 4.55. The molecule has 26 heavy (non-hydrogen) atoms. The summed E-state index contributed by atoms with van der Waals surface area (Å²) in [5, 5.41) is 9.23. The summed E-state index contributed by atoms with van der Waals surface area (Å²) in [4.78, 5) is 18.7. The Morgan fingerprint density at radius 2 is 1.85 bits per heavy atom.